The number of amides is 1. The molecule has 0 aliphatic carbocycles. The first-order valence-electron chi connectivity index (χ1n) is 5.73. The molecule has 0 aromatic heterocycles. The first kappa shape index (κ1) is 11.5. The summed E-state index contributed by atoms with van der Waals surface area (Å²) in [6.07, 6.45) is 4.74. The van der Waals surface area contributed by atoms with Gasteiger partial charge in [-0.05, 0) is 25.8 Å². The zero-order chi connectivity index (χ0) is 10.4. The Morgan fingerprint density at radius 2 is 2.36 bits per heavy atom. The van der Waals surface area contributed by atoms with E-state index in [-0.39, 0.29) is 5.91 Å². The monoisotopic (exact) mass is 198 g/mol. The van der Waals surface area contributed by atoms with Crippen molar-refractivity contribution in [2.24, 2.45) is 0 Å². The van der Waals surface area contributed by atoms with Crippen LogP contribution in [0.15, 0.2) is 0 Å². The molecule has 0 saturated carbocycles. The molecule has 1 saturated heterocycles. The second kappa shape index (κ2) is 6.02. The van der Waals surface area contributed by atoms with Crippen molar-refractivity contribution in [2.75, 3.05) is 19.6 Å². The molecule has 1 atom stereocenters. The molecule has 1 unspecified atom stereocenters. The summed E-state index contributed by atoms with van der Waals surface area (Å²) in [6.45, 7) is 6.76. The lowest BCUT2D eigenvalue weighted by molar-refractivity contribution is -0.129. The summed E-state index contributed by atoms with van der Waals surface area (Å²) in [6, 6.07) is 0.538. The summed E-state index contributed by atoms with van der Waals surface area (Å²) in [7, 11) is 0. The molecular formula is C11H22N2O. The first-order chi connectivity index (χ1) is 6.74. The molecule has 0 radical (unpaired) electrons. The molecule has 1 aliphatic heterocycles. The number of hydrogen-bond donors (Lipinski definition) is 1. The van der Waals surface area contributed by atoms with E-state index in [1.807, 2.05) is 4.90 Å². The third kappa shape index (κ3) is 3.66. The Balaban J connectivity index is 2.30. The second-order valence-electron chi connectivity index (χ2n) is 4.11. The van der Waals surface area contributed by atoms with Gasteiger partial charge < -0.3 is 10.2 Å². The summed E-state index contributed by atoms with van der Waals surface area (Å²) in [5, 5.41) is 3.42. The summed E-state index contributed by atoms with van der Waals surface area (Å²) < 4.78 is 0. The SMILES string of the molecule is CCCCN(CC1CCCN1)C(C)=O. The van der Waals surface area contributed by atoms with Crippen LogP contribution in [-0.2, 0) is 4.79 Å². The first-order valence-corrected chi connectivity index (χ1v) is 5.73. The maximum atomic E-state index is 11.3. The molecule has 1 N–H and O–H groups in total. The van der Waals surface area contributed by atoms with E-state index in [1.165, 1.54) is 12.8 Å². The van der Waals surface area contributed by atoms with Crippen LogP contribution in [0, 0.1) is 0 Å². The summed E-state index contributed by atoms with van der Waals surface area (Å²) in [4.78, 5) is 13.3. The predicted molar refractivity (Wildman–Crippen MR) is 58.2 cm³/mol. The lowest BCUT2D eigenvalue weighted by atomic mass is 10.2. The summed E-state index contributed by atoms with van der Waals surface area (Å²) in [5.74, 6) is 0.215. The van der Waals surface area contributed by atoms with Crippen LogP contribution in [0.25, 0.3) is 0 Å². The number of hydrogen-bond acceptors (Lipinski definition) is 2. The van der Waals surface area contributed by atoms with Crippen LogP contribution >= 0.6 is 0 Å². The van der Waals surface area contributed by atoms with Gasteiger partial charge in [0.25, 0.3) is 0 Å². The van der Waals surface area contributed by atoms with Gasteiger partial charge in [0.15, 0.2) is 0 Å². The van der Waals surface area contributed by atoms with Crippen molar-refractivity contribution in [3.63, 3.8) is 0 Å². The standard InChI is InChI=1S/C11H22N2O/c1-3-4-8-13(10(2)14)9-11-6-5-7-12-11/h11-12H,3-9H2,1-2H3. The van der Waals surface area contributed by atoms with E-state index in [1.54, 1.807) is 6.92 Å². The second-order valence-corrected chi connectivity index (χ2v) is 4.11. The molecule has 3 nitrogen and oxygen atoms in total. The van der Waals surface area contributed by atoms with Gasteiger partial charge in [0, 0.05) is 26.1 Å². The fourth-order valence-corrected chi connectivity index (χ4v) is 1.90. The Labute approximate surface area is 86.9 Å². The van der Waals surface area contributed by atoms with E-state index in [4.69, 9.17) is 0 Å². The van der Waals surface area contributed by atoms with Gasteiger partial charge in [-0.15, -0.1) is 0 Å². The van der Waals surface area contributed by atoms with E-state index in [0.29, 0.717) is 6.04 Å². The zero-order valence-electron chi connectivity index (χ0n) is 9.38. The van der Waals surface area contributed by atoms with Gasteiger partial charge in [-0.3, -0.25) is 4.79 Å². The molecule has 1 rings (SSSR count). The number of unbranched alkanes of at least 4 members (excludes halogenated alkanes) is 1. The normalized spacial score (nSPS) is 21.1. The molecule has 1 fully saturated rings. The Morgan fingerprint density at radius 3 is 2.86 bits per heavy atom. The summed E-state index contributed by atoms with van der Waals surface area (Å²) >= 11 is 0. The van der Waals surface area contributed by atoms with Gasteiger partial charge >= 0.3 is 0 Å². The number of nitrogens with zero attached hydrogens (tertiary/aromatic N) is 1. The molecular weight excluding hydrogens is 176 g/mol. The number of nitrogens with one attached hydrogen (secondary N) is 1. The van der Waals surface area contributed by atoms with Crippen molar-refractivity contribution in [1.82, 2.24) is 10.2 Å². The third-order valence-electron chi connectivity index (χ3n) is 2.83. The maximum absolute atomic E-state index is 11.3. The molecule has 3 heteroatoms. The minimum Gasteiger partial charge on any atom is -0.341 e. The minimum absolute atomic E-state index is 0.215. The Morgan fingerprint density at radius 1 is 1.57 bits per heavy atom. The molecule has 0 bridgehead atoms. The minimum atomic E-state index is 0.215. The highest BCUT2D eigenvalue weighted by atomic mass is 16.2. The summed E-state index contributed by atoms with van der Waals surface area (Å²) in [5.41, 5.74) is 0. The molecule has 0 spiro atoms. The van der Waals surface area contributed by atoms with Crippen molar-refractivity contribution < 1.29 is 4.79 Å². The molecule has 1 aliphatic rings. The lowest BCUT2D eigenvalue weighted by Gasteiger charge is -2.24. The number of carbonyl (C=O) groups excluding carboxylic acids is 1. The Hall–Kier alpha value is -0.570. The fourth-order valence-electron chi connectivity index (χ4n) is 1.90. The highest BCUT2D eigenvalue weighted by Gasteiger charge is 2.18. The Bertz CT molecular complexity index is 176. The molecule has 0 aromatic carbocycles. The average molecular weight is 198 g/mol. The Kier molecular flexibility index (Phi) is 4.94. The van der Waals surface area contributed by atoms with Crippen LogP contribution < -0.4 is 5.32 Å². The molecule has 1 amide bonds. The van der Waals surface area contributed by atoms with Crippen molar-refractivity contribution in [3.05, 3.63) is 0 Å². The van der Waals surface area contributed by atoms with E-state index in [2.05, 4.69) is 12.2 Å². The molecule has 0 aromatic rings. The van der Waals surface area contributed by atoms with Gasteiger partial charge in [-0.25, -0.2) is 0 Å². The van der Waals surface area contributed by atoms with Gasteiger partial charge in [0.2, 0.25) is 5.91 Å². The van der Waals surface area contributed by atoms with Crippen molar-refractivity contribution in [3.8, 4) is 0 Å². The quantitative estimate of drug-likeness (QED) is 0.724. The van der Waals surface area contributed by atoms with Crippen LogP contribution in [0.4, 0.5) is 0 Å². The van der Waals surface area contributed by atoms with Crippen LogP contribution in [0.5, 0.6) is 0 Å². The van der Waals surface area contributed by atoms with Crippen molar-refractivity contribution in [2.45, 2.75) is 45.6 Å². The van der Waals surface area contributed by atoms with Crippen LogP contribution in [0.2, 0.25) is 0 Å². The van der Waals surface area contributed by atoms with Gasteiger partial charge in [0.1, 0.15) is 0 Å². The van der Waals surface area contributed by atoms with Gasteiger partial charge in [-0.1, -0.05) is 13.3 Å². The largest absolute Gasteiger partial charge is 0.341 e. The maximum Gasteiger partial charge on any atom is 0.219 e. The molecule has 82 valence electrons. The van der Waals surface area contributed by atoms with E-state index in [9.17, 15) is 4.79 Å². The lowest BCUT2D eigenvalue weighted by Crippen LogP contribution is -2.40. The highest BCUT2D eigenvalue weighted by Crippen LogP contribution is 2.07. The van der Waals surface area contributed by atoms with Crippen molar-refractivity contribution in [1.29, 1.82) is 0 Å². The van der Waals surface area contributed by atoms with E-state index < -0.39 is 0 Å². The topological polar surface area (TPSA) is 32.3 Å². The highest BCUT2D eigenvalue weighted by molar-refractivity contribution is 5.73. The third-order valence-corrected chi connectivity index (χ3v) is 2.83. The van der Waals surface area contributed by atoms with Crippen molar-refractivity contribution >= 4 is 5.91 Å². The zero-order valence-corrected chi connectivity index (χ0v) is 9.38. The van der Waals surface area contributed by atoms with E-state index in [0.717, 1.165) is 32.5 Å². The number of rotatable bonds is 5. The smallest absolute Gasteiger partial charge is 0.219 e. The average Bonchev–Trinajstić information content (AvgIpc) is 2.64. The van der Waals surface area contributed by atoms with Gasteiger partial charge in [0.05, 0.1) is 0 Å². The molecule has 14 heavy (non-hydrogen) atoms. The fraction of sp³-hybridized carbons (Fsp3) is 0.909. The predicted octanol–water partition coefficient (Wildman–Crippen LogP) is 1.39. The van der Waals surface area contributed by atoms with Gasteiger partial charge in [-0.2, -0.15) is 0 Å². The number of carbonyl (C=O) groups is 1. The van der Waals surface area contributed by atoms with Crippen LogP contribution in [0.3, 0.4) is 0 Å². The molecule has 1 heterocycles. The van der Waals surface area contributed by atoms with E-state index >= 15 is 0 Å². The van der Waals surface area contributed by atoms with Crippen LogP contribution in [0.1, 0.15) is 39.5 Å². The van der Waals surface area contributed by atoms with Crippen LogP contribution in [-0.4, -0.2) is 36.5 Å².